The van der Waals surface area contributed by atoms with Gasteiger partial charge in [-0.2, -0.15) is 0 Å². The standard InChI is InChI=1S/C32H24BrClN2O5/c1-40-29-17-21(16-27(33)25(29)18-22-9-5-6-10-28(22)34)15-26-30(37)35-32(39)36(31(26)38)23-11-13-24(14-12-23)41-19-20-7-3-2-4-8-20/h2-17H,18-19H2,1H3,(H,35,37,39)/b26-15+. The zero-order valence-corrected chi connectivity index (χ0v) is 24.2. The van der Waals surface area contributed by atoms with Crippen LogP contribution in [0.2, 0.25) is 5.02 Å². The molecule has 41 heavy (non-hydrogen) atoms. The molecule has 0 aromatic heterocycles. The third kappa shape index (κ3) is 6.34. The fourth-order valence-electron chi connectivity index (χ4n) is 4.39. The Morgan fingerprint density at radius 1 is 0.927 bits per heavy atom. The summed E-state index contributed by atoms with van der Waals surface area (Å²) in [6.45, 7) is 0.376. The molecule has 4 aromatic rings. The predicted octanol–water partition coefficient (Wildman–Crippen LogP) is 6.95. The van der Waals surface area contributed by atoms with Gasteiger partial charge in [-0.15, -0.1) is 0 Å². The van der Waals surface area contributed by atoms with Crippen molar-refractivity contribution in [3.05, 3.63) is 128 Å². The van der Waals surface area contributed by atoms with Crippen molar-refractivity contribution < 1.29 is 23.9 Å². The van der Waals surface area contributed by atoms with Gasteiger partial charge in [0.2, 0.25) is 0 Å². The molecule has 0 unspecified atom stereocenters. The molecule has 0 atom stereocenters. The molecule has 1 fully saturated rings. The van der Waals surface area contributed by atoms with Crippen LogP contribution in [0.15, 0.2) is 101 Å². The molecule has 4 amide bonds. The van der Waals surface area contributed by atoms with E-state index in [4.69, 9.17) is 21.1 Å². The second kappa shape index (κ2) is 12.4. The Labute approximate surface area is 250 Å². The highest BCUT2D eigenvalue weighted by Gasteiger charge is 2.37. The summed E-state index contributed by atoms with van der Waals surface area (Å²) < 4.78 is 12.1. The topological polar surface area (TPSA) is 84.9 Å². The van der Waals surface area contributed by atoms with E-state index in [1.54, 1.807) is 43.5 Å². The highest BCUT2D eigenvalue weighted by Crippen LogP contribution is 2.34. The molecule has 0 radical (unpaired) electrons. The van der Waals surface area contributed by atoms with Crippen molar-refractivity contribution in [3.8, 4) is 11.5 Å². The summed E-state index contributed by atoms with van der Waals surface area (Å²) in [6, 6.07) is 26.4. The van der Waals surface area contributed by atoms with Crippen molar-refractivity contribution in [1.29, 1.82) is 0 Å². The number of halogens is 2. The SMILES string of the molecule is COc1cc(/C=C2\C(=O)NC(=O)N(c3ccc(OCc4ccccc4)cc3)C2=O)cc(Br)c1Cc1ccccc1Cl. The minimum atomic E-state index is -0.830. The molecule has 1 aliphatic heterocycles. The van der Waals surface area contributed by atoms with Crippen LogP contribution in [-0.2, 0) is 22.6 Å². The van der Waals surface area contributed by atoms with E-state index in [-0.39, 0.29) is 5.57 Å². The molecule has 5 rings (SSSR count). The Bertz CT molecular complexity index is 1650. The number of ether oxygens (including phenoxy) is 2. The van der Waals surface area contributed by atoms with E-state index in [1.807, 2.05) is 54.6 Å². The summed E-state index contributed by atoms with van der Waals surface area (Å²) >= 11 is 9.95. The largest absolute Gasteiger partial charge is 0.496 e. The summed E-state index contributed by atoms with van der Waals surface area (Å²) in [6.07, 6.45) is 1.94. The second-order valence-corrected chi connectivity index (χ2v) is 10.4. The van der Waals surface area contributed by atoms with Gasteiger partial charge in [-0.3, -0.25) is 14.9 Å². The molecule has 7 nitrogen and oxygen atoms in total. The smallest absolute Gasteiger partial charge is 0.335 e. The number of imide groups is 2. The third-order valence-corrected chi connectivity index (χ3v) is 7.55. The summed E-state index contributed by atoms with van der Waals surface area (Å²) in [5, 5.41) is 2.89. The lowest BCUT2D eigenvalue weighted by Gasteiger charge is -2.26. The van der Waals surface area contributed by atoms with Crippen LogP contribution in [0.4, 0.5) is 10.5 Å². The third-order valence-electron chi connectivity index (χ3n) is 6.48. The van der Waals surface area contributed by atoms with E-state index in [0.29, 0.717) is 45.3 Å². The number of anilines is 1. The van der Waals surface area contributed by atoms with Crippen LogP contribution in [0.5, 0.6) is 11.5 Å². The quantitative estimate of drug-likeness (QED) is 0.168. The molecule has 0 bridgehead atoms. The van der Waals surface area contributed by atoms with Gasteiger partial charge in [-0.1, -0.05) is 76.1 Å². The molecule has 0 saturated carbocycles. The molecule has 1 saturated heterocycles. The Hall–Kier alpha value is -4.40. The molecule has 0 spiro atoms. The molecule has 9 heteroatoms. The molecule has 4 aromatic carbocycles. The van der Waals surface area contributed by atoms with Gasteiger partial charge in [-0.25, -0.2) is 9.69 Å². The van der Waals surface area contributed by atoms with Crippen molar-refractivity contribution in [2.24, 2.45) is 0 Å². The first-order valence-corrected chi connectivity index (χ1v) is 13.8. The Morgan fingerprint density at radius 2 is 1.63 bits per heavy atom. The number of amides is 4. The van der Waals surface area contributed by atoms with Gasteiger partial charge in [0.1, 0.15) is 23.7 Å². The van der Waals surface area contributed by atoms with Crippen molar-refractivity contribution in [3.63, 3.8) is 0 Å². The number of nitrogens with one attached hydrogen (secondary N) is 1. The maximum atomic E-state index is 13.4. The molecular formula is C32H24BrClN2O5. The van der Waals surface area contributed by atoms with E-state index in [1.165, 1.54) is 6.08 Å². The zero-order valence-electron chi connectivity index (χ0n) is 21.9. The number of hydrogen-bond acceptors (Lipinski definition) is 5. The molecule has 0 aliphatic carbocycles. The number of rotatable bonds is 8. The highest BCUT2D eigenvalue weighted by atomic mass is 79.9. The lowest BCUT2D eigenvalue weighted by molar-refractivity contribution is -0.122. The summed E-state index contributed by atoms with van der Waals surface area (Å²) in [7, 11) is 1.54. The van der Waals surface area contributed by atoms with Gasteiger partial charge in [0.15, 0.2) is 0 Å². The first-order valence-electron chi connectivity index (χ1n) is 12.6. The molecule has 1 aliphatic rings. The average Bonchev–Trinajstić information content (AvgIpc) is 2.97. The van der Waals surface area contributed by atoms with Crippen LogP contribution in [0.1, 0.15) is 22.3 Å². The highest BCUT2D eigenvalue weighted by molar-refractivity contribution is 9.10. The Balaban J connectivity index is 1.38. The number of carbonyl (C=O) groups excluding carboxylic acids is 3. The first-order chi connectivity index (χ1) is 19.8. The number of carbonyl (C=O) groups is 3. The molecule has 1 heterocycles. The molecular weight excluding hydrogens is 608 g/mol. The normalized spacial score (nSPS) is 14.3. The Kier molecular flexibility index (Phi) is 8.52. The number of barbiturate groups is 1. The van der Waals surface area contributed by atoms with Gasteiger partial charge in [0, 0.05) is 21.5 Å². The van der Waals surface area contributed by atoms with Crippen LogP contribution in [0.25, 0.3) is 6.08 Å². The first kappa shape index (κ1) is 28.1. The maximum Gasteiger partial charge on any atom is 0.335 e. The Morgan fingerprint density at radius 3 is 2.34 bits per heavy atom. The number of methoxy groups -OCH3 is 1. The maximum absolute atomic E-state index is 13.4. The van der Waals surface area contributed by atoms with Gasteiger partial charge in [-0.05, 0) is 65.2 Å². The van der Waals surface area contributed by atoms with Gasteiger partial charge in [0.25, 0.3) is 11.8 Å². The zero-order chi connectivity index (χ0) is 28.9. The van der Waals surface area contributed by atoms with E-state index in [9.17, 15) is 14.4 Å². The molecule has 1 N–H and O–H groups in total. The molecule has 206 valence electrons. The van der Waals surface area contributed by atoms with E-state index in [2.05, 4.69) is 21.2 Å². The lowest BCUT2D eigenvalue weighted by atomic mass is 10.0. The van der Waals surface area contributed by atoms with Crippen LogP contribution in [0, 0.1) is 0 Å². The van der Waals surface area contributed by atoms with Crippen molar-refractivity contribution >= 4 is 57.1 Å². The van der Waals surface area contributed by atoms with Crippen LogP contribution >= 0.6 is 27.5 Å². The summed E-state index contributed by atoms with van der Waals surface area (Å²) in [5.74, 6) is -0.404. The van der Waals surface area contributed by atoms with Gasteiger partial charge in [0.05, 0.1) is 12.8 Å². The van der Waals surface area contributed by atoms with E-state index >= 15 is 0 Å². The predicted molar refractivity (Wildman–Crippen MR) is 161 cm³/mol. The van der Waals surface area contributed by atoms with Crippen molar-refractivity contribution in [1.82, 2.24) is 5.32 Å². The lowest BCUT2D eigenvalue weighted by Crippen LogP contribution is -2.54. The number of benzene rings is 4. The van der Waals surface area contributed by atoms with Crippen molar-refractivity contribution in [2.75, 3.05) is 12.0 Å². The second-order valence-electron chi connectivity index (χ2n) is 9.18. The number of urea groups is 1. The van der Waals surface area contributed by atoms with Crippen LogP contribution in [0.3, 0.4) is 0 Å². The number of nitrogens with zero attached hydrogens (tertiary/aromatic N) is 1. The van der Waals surface area contributed by atoms with Crippen molar-refractivity contribution in [2.45, 2.75) is 13.0 Å². The van der Waals surface area contributed by atoms with Gasteiger partial charge >= 0.3 is 6.03 Å². The summed E-state index contributed by atoms with van der Waals surface area (Å²) in [4.78, 5) is 39.8. The minimum absolute atomic E-state index is 0.193. The van der Waals surface area contributed by atoms with Gasteiger partial charge < -0.3 is 9.47 Å². The van der Waals surface area contributed by atoms with Crippen LogP contribution in [-0.4, -0.2) is 25.0 Å². The average molecular weight is 632 g/mol. The number of hydrogen-bond donors (Lipinski definition) is 1. The summed E-state index contributed by atoms with van der Waals surface area (Å²) in [5.41, 5.74) is 3.43. The van der Waals surface area contributed by atoms with E-state index in [0.717, 1.165) is 21.6 Å². The fraction of sp³-hybridized carbons (Fsp3) is 0.0938. The minimum Gasteiger partial charge on any atom is -0.496 e. The fourth-order valence-corrected chi connectivity index (χ4v) is 5.19. The monoisotopic (exact) mass is 630 g/mol. The van der Waals surface area contributed by atoms with E-state index < -0.39 is 17.8 Å². The van der Waals surface area contributed by atoms with Crippen LogP contribution < -0.4 is 19.7 Å².